The molecule has 0 spiro atoms. The van der Waals surface area contributed by atoms with Gasteiger partial charge in [0.2, 0.25) is 0 Å². The van der Waals surface area contributed by atoms with Crippen LogP contribution in [0.25, 0.3) is 0 Å². The summed E-state index contributed by atoms with van der Waals surface area (Å²) in [4.78, 5) is 2.15. The normalized spacial score (nSPS) is 12.9. The third-order valence-corrected chi connectivity index (χ3v) is 3.33. The predicted octanol–water partition coefficient (Wildman–Crippen LogP) is 2.32. The van der Waals surface area contributed by atoms with Gasteiger partial charge in [-0.3, -0.25) is 0 Å². The molecular formula is C15H24F2N2O. The van der Waals surface area contributed by atoms with E-state index < -0.39 is 11.6 Å². The third-order valence-electron chi connectivity index (χ3n) is 3.33. The molecule has 1 aromatic carbocycles. The van der Waals surface area contributed by atoms with Crippen LogP contribution in [-0.2, 0) is 0 Å². The van der Waals surface area contributed by atoms with E-state index in [-0.39, 0.29) is 12.6 Å². The number of halogens is 2. The molecule has 114 valence electrons. The van der Waals surface area contributed by atoms with Crippen molar-refractivity contribution in [1.82, 2.24) is 10.2 Å². The maximum atomic E-state index is 13.3. The summed E-state index contributed by atoms with van der Waals surface area (Å²) in [5, 5.41) is 12.1. The van der Waals surface area contributed by atoms with Gasteiger partial charge in [-0.15, -0.1) is 0 Å². The number of aliphatic hydroxyl groups is 1. The second-order valence-electron chi connectivity index (χ2n) is 4.90. The maximum Gasteiger partial charge on any atom is 0.126 e. The number of hydrogen-bond acceptors (Lipinski definition) is 3. The summed E-state index contributed by atoms with van der Waals surface area (Å²) in [5.74, 6) is -1.11. The molecule has 0 saturated heterocycles. The minimum atomic E-state index is -0.555. The molecule has 0 aliphatic rings. The van der Waals surface area contributed by atoms with Crippen LogP contribution in [0.15, 0.2) is 18.2 Å². The lowest BCUT2D eigenvalue weighted by Gasteiger charge is -2.24. The van der Waals surface area contributed by atoms with Gasteiger partial charge < -0.3 is 15.3 Å². The molecule has 0 radical (unpaired) electrons. The third kappa shape index (κ3) is 5.53. The summed E-state index contributed by atoms with van der Waals surface area (Å²) in [7, 11) is 1.78. The molecule has 5 heteroatoms. The molecular weight excluding hydrogens is 262 g/mol. The molecule has 1 atom stereocenters. The first-order chi connectivity index (χ1) is 9.60. The van der Waals surface area contributed by atoms with Crippen molar-refractivity contribution in [2.24, 2.45) is 0 Å². The molecule has 2 N–H and O–H groups in total. The van der Waals surface area contributed by atoms with E-state index in [0.29, 0.717) is 12.1 Å². The van der Waals surface area contributed by atoms with Crippen LogP contribution in [0, 0.1) is 11.6 Å². The fourth-order valence-electron chi connectivity index (χ4n) is 2.36. The Morgan fingerprint density at radius 3 is 2.30 bits per heavy atom. The van der Waals surface area contributed by atoms with Gasteiger partial charge in [-0.05, 0) is 44.1 Å². The zero-order chi connectivity index (χ0) is 15.0. The van der Waals surface area contributed by atoms with E-state index in [1.165, 1.54) is 12.1 Å². The van der Waals surface area contributed by atoms with Gasteiger partial charge in [0, 0.05) is 25.2 Å². The molecule has 1 unspecified atom stereocenters. The minimum absolute atomic E-state index is 0.0988. The lowest BCUT2D eigenvalue weighted by molar-refractivity contribution is 0.190. The Hall–Kier alpha value is -1.04. The molecule has 0 amide bonds. The molecule has 0 saturated carbocycles. The standard InChI is InChI=1S/C15H24F2N2O/c1-3-5-19(7-8-20)6-4-15(18-2)12-9-13(16)11-14(17)10-12/h9-11,15,18,20H,3-8H2,1-2H3. The fraction of sp³-hybridized carbons (Fsp3) is 0.600. The SMILES string of the molecule is CCCN(CCO)CCC(NC)c1cc(F)cc(F)c1. The number of nitrogens with one attached hydrogen (secondary N) is 1. The summed E-state index contributed by atoms with van der Waals surface area (Å²) < 4.78 is 26.5. The van der Waals surface area contributed by atoms with Crippen molar-refractivity contribution in [3.63, 3.8) is 0 Å². The Morgan fingerprint density at radius 2 is 1.80 bits per heavy atom. The maximum absolute atomic E-state index is 13.3. The highest BCUT2D eigenvalue weighted by Gasteiger charge is 2.13. The summed E-state index contributed by atoms with van der Waals surface area (Å²) in [5.41, 5.74) is 0.616. The molecule has 0 aliphatic carbocycles. The Kier molecular flexibility index (Phi) is 7.65. The Labute approximate surface area is 119 Å². The lowest BCUT2D eigenvalue weighted by atomic mass is 10.0. The number of rotatable bonds is 9. The van der Waals surface area contributed by atoms with E-state index in [0.717, 1.165) is 32.0 Å². The number of nitrogens with zero attached hydrogens (tertiary/aromatic N) is 1. The van der Waals surface area contributed by atoms with Gasteiger partial charge in [0.05, 0.1) is 6.61 Å². The van der Waals surface area contributed by atoms with E-state index in [2.05, 4.69) is 17.1 Å². The van der Waals surface area contributed by atoms with E-state index >= 15 is 0 Å². The molecule has 3 nitrogen and oxygen atoms in total. The van der Waals surface area contributed by atoms with Crippen molar-refractivity contribution in [3.05, 3.63) is 35.4 Å². The van der Waals surface area contributed by atoms with Crippen LogP contribution in [0.3, 0.4) is 0 Å². The van der Waals surface area contributed by atoms with Crippen LogP contribution in [0.4, 0.5) is 8.78 Å². The van der Waals surface area contributed by atoms with E-state index in [4.69, 9.17) is 5.11 Å². The molecule has 1 rings (SSSR count). The number of benzene rings is 1. The molecule has 20 heavy (non-hydrogen) atoms. The highest BCUT2D eigenvalue weighted by molar-refractivity contribution is 5.21. The van der Waals surface area contributed by atoms with Crippen molar-refractivity contribution in [3.8, 4) is 0 Å². The molecule has 0 fully saturated rings. The monoisotopic (exact) mass is 286 g/mol. The molecule has 0 bridgehead atoms. The van der Waals surface area contributed by atoms with E-state index in [9.17, 15) is 8.78 Å². The van der Waals surface area contributed by atoms with Crippen LogP contribution in [0.1, 0.15) is 31.4 Å². The number of hydrogen-bond donors (Lipinski definition) is 2. The van der Waals surface area contributed by atoms with Crippen molar-refractivity contribution in [2.75, 3.05) is 33.3 Å². The smallest absolute Gasteiger partial charge is 0.126 e. The highest BCUT2D eigenvalue weighted by Crippen LogP contribution is 2.19. The number of aliphatic hydroxyl groups excluding tert-OH is 1. The fourth-order valence-corrected chi connectivity index (χ4v) is 2.36. The van der Waals surface area contributed by atoms with Crippen LogP contribution >= 0.6 is 0 Å². The first-order valence-corrected chi connectivity index (χ1v) is 7.07. The first kappa shape index (κ1) is 17.0. The summed E-state index contributed by atoms with van der Waals surface area (Å²) in [6.07, 6.45) is 1.75. The average Bonchev–Trinajstić information content (AvgIpc) is 2.38. The van der Waals surface area contributed by atoms with Crippen molar-refractivity contribution < 1.29 is 13.9 Å². The summed E-state index contributed by atoms with van der Waals surface area (Å²) >= 11 is 0. The van der Waals surface area contributed by atoms with Crippen molar-refractivity contribution >= 4 is 0 Å². The summed E-state index contributed by atoms with van der Waals surface area (Å²) in [6, 6.07) is 3.50. The van der Waals surface area contributed by atoms with Crippen LogP contribution in [0.2, 0.25) is 0 Å². The second kappa shape index (κ2) is 9.00. The summed E-state index contributed by atoms with van der Waals surface area (Å²) in [6.45, 7) is 4.52. The molecule has 0 aliphatic heterocycles. The Bertz CT molecular complexity index is 375. The zero-order valence-corrected chi connectivity index (χ0v) is 12.2. The van der Waals surface area contributed by atoms with Gasteiger partial charge >= 0.3 is 0 Å². The Balaban J connectivity index is 2.66. The van der Waals surface area contributed by atoms with Crippen LogP contribution in [0.5, 0.6) is 0 Å². The van der Waals surface area contributed by atoms with Crippen LogP contribution in [-0.4, -0.2) is 43.3 Å². The van der Waals surface area contributed by atoms with Gasteiger partial charge in [-0.2, -0.15) is 0 Å². The average molecular weight is 286 g/mol. The largest absolute Gasteiger partial charge is 0.395 e. The topological polar surface area (TPSA) is 35.5 Å². The minimum Gasteiger partial charge on any atom is -0.395 e. The highest BCUT2D eigenvalue weighted by atomic mass is 19.1. The van der Waals surface area contributed by atoms with Gasteiger partial charge in [0.25, 0.3) is 0 Å². The van der Waals surface area contributed by atoms with Crippen LogP contribution < -0.4 is 5.32 Å². The van der Waals surface area contributed by atoms with Gasteiger partial charge in [0.15, 0.2) is 0 Å². The van der Waals surface area contributed by atoms with Crippen molar-refractivity contribution in [2.45, 2.75) is 25.8 Å². The van der Waals surface area contributed by atoms with Gasteiger partial charge in [0.1, 0.15) is 11.6 Å². The van der Waals surface area contributed by atoms with E-state index in [1.54, 1.807) is 7.05 Å². The lowest BCUT2D eigenvalue weighted by Crippen LogP contribution is -2.31. The molecule has 0 aromatic heterocycles. The molecule has 0 heterocycles. The predicted molar refractivity (Wildman–Crippen MR) is 76.6 cm³/mol. The van der Waals surface area contributed by atoms with E-state index in [1.807, 2.05) is 0 Å². The van der Waals surface area contributed by atoms with Gasteiger partial charge in [-0.1, -0.05) is 6.92 Å². The second-order valence-corrected chi connectivity index (χ2v) is 4.90. The van der Waals surface area contributed by atoms with Gasteiger partial charge in [-0.25, -0.2) is 8.78 Å². The molecule has 1 aromatic rings. The Morgan fingerprint density at radius 1 is 1.15 bits per heavy atom. The van der Waals surface area contributed by atoms with Crippen molar-refractivity contribution in [1.29, 1.82) is 0 Å². The first-order valence-electron chi connectivity index (χ1n) is 7.07. The zero-order valence-electron chi connectivity index (χ0n) is 12.2. The quantitative estimate of drug-likeness (QED) is 0.731.